The fourth-order valence-electron chi connectivity index (χ4n) is 1.83. The molecule has 1 saturated carbocycles. The van der Waals surface area contributed by atoms with E-state index in [0.29, 0.717) is 22.9 Å². The van der Waals surface area contributed by atoms with Gasteiger partial charge in [0.2, 0.25) is 5.91 Å². The fourth-order valence-corrected chi connectivity index (χ4v) is 2.87. The Bertz CT molecular complexity index is 627. The zero-order chi connectivity index (χ0) is 16.5. The molecule has 0 saturated heterocycles. The molecule has 1 aromatic carbocycles. The molecule has 1 aliphatic carbocycles. The normalized spacial score (nSPS) is 21.7. The molecule has 1 aliphatic rings. The van der Waals surface area contributed by atoms with Gasteiger partial charge in [-0.2, -0.15) is 0 Å². The Balaban J connectivity index is 1.92. The number of hydrazine groups is 1. The molecule has 0 radical (unpaired) electrons. The average Bonchev–Trinajstić information content (AvgIpc) is 2.96. The van der Waals surface area contributed by atoms with Crippen LogP contribution in [0.2, 0.25) is 5.02 Å². The van der Waals surface area contributed by atoms with E-state index in [-0.39, 0.29) is 11.0 Å². The topological polar surface area (TPSA) is 62.4 Å². The molecule has 5 nitrogen and oxygen atoms in total. The Morgan fingerprint density at radius 1 is 1.36 bits per heavy atom. The number of benzene rings is 1. The summed E-state index contributed by atoms with van der Waals surface area (Å²) in [6.07, 6.45) is 0.388. The molecule has 0 aliphatic heterocycles. The maximum Gasteiger partial charge on any atom is 0.247 e. The molecule has 2 rings (SSSR count). The van der Waals surface area contributed by atoms with Gasteiger partial charge in [0.1, 0.15) is 10.1 Å². The van der Waals surface area contributed by atoms with E-state index in [2.05, 4.69) is 16.2 Å². The molecule has 120 valence electrons. The number of thiocarbonyl (C=S) groups is 1. The number of hydrogen-bond acceptors (Lipinski definition) is 3. The summed E-state index contributed by atoms with van der Waals surface area (Å²) in [5, 5.41) is 3.58. The van der Waals surface area contributed by atoms with Crippen molar-refractivity contribution >= 4 is 63.7 Å². The van der Waals surface area contributed by atoms with E-state index in [1.165, 1.54) is 7.11 Å². The van der Waals surface area contributed by atoms with E-state index in [4.69, 9.17) is 51.8 Å². The minimum Gasteiger partial charge on any atom is -0.495 e. The van der Waals surface area contributed by atoms with Gasteiger partial charge in [0.25, 0.3) is 0 Å². The Morgan fingerprint density at radius 2 is 2.00 bits per heavy atom. The molecular formula is C13H14Cl3N3O2S. The van der Waals surface area contributed by atoms with Crippen LogP contribution in [0, 0.1) is 5.41 Å². The van der Waals surface area contributed by atoms with Crippen LogP contribution < -0.4 is 20.9 Å². The van der Waals surface area contributed by atoms with Crippen molar-refractivity contribution in [2.75, 3.05) is 12.4 Å². The molecule has 0 bridgehead atoms. The van der Waals surface area contributed by atoms with E-state index in [1.54, 1.807) is 25.1 Å². The van der Waals surface area contributed by atoms with E-state index >= 15 is 0 Å². The van der Waals surface area contributed by atoms with Crippen LogP contribution in [0.3, 0.4) is 0 Å². The van der Waals surface area contributed by atoms with Gasteiger partial charge < -0.3 is 10.1 Å². The van der Waals surface area contributed by atoms with E-state index in [9.17, 15) is 4.79 Å². The number of methoxy groups -OCH3 is 1. The van der Waals surface area contributed by atoms with Crippen LogP contribution >= 0.6 is 47.0 Å². The summed E-state index contributed by atoms with van der Waals surface area (Å²) in [7, 11) is 1.53. The summed E-state index contributed by atoms with van der Waals surface area (Å²) in [5.74, 6) is 0.231. The number of alkyl halides is 2. The largest absolute Gasteiger partial charge is 0.495 e. The van der Waals surface area contributed by atoms with Crippen LogP contribution in [0.15, 0.2) is 18.2 Å². The summed E-state index contributed by atoms with van der Waals surface area (Å²) < 4.78 is 4.15. The zero-order valence-electron chi connectivity index (χ0n) is 11.8. The summed E-state index contributed by atoms with van der Waals surface area (Å²) >= 11 is 22.9. The minimum atomic E-state index is -1.04. The smallest absolute Gasteiger partial charge is 0.247 e. The molecule has 0 heterocycles. The second-order valence-electron chi connectivity index (χ2n) is 5.09. The second kappa shape index (κ2) is 6.28. The number of carbonyl (C=O) groups is 1. The molecule has 0 unspecified atom stereocenters. The van der Waals surface area contributed by atoms with E-state index in [1.807, 2.05) is 0 Å². The van der Waals surface area contributed by atoms with Gasteiger partial charge in [0.05, 0.1) is 18.2 Å². The number of nitrogens with one attached hydrogen (secondary N) is 3. The molecule has 3 N–H and O–H groups in total. The van der Waals surface area contributed by atoms with Crippen LogP contribution in [0.1, 0.15) is 13.3 Å². The van der Waals surface area contributed by atoms with Crippen LogP contribution in [0.4, 0.5) is 5.69 Å². The quantitative estimate of drug-likeness (QED) is 0.425. The first kappa shape index (κ1) is 17.4. The number of amides is 1. The van der Waals surface area contributed by atoms with Gasteiger partial charge in [-0.15, -0.1) is 23.2 Å². The highest BCUT2D eigenvalue weighted by Gasteiger charge is 2.68. The number of hydrogen-bond donors (Lipinski definition) is 3. The SMILES string of the molecule is COc1ccc(Cl)cc1NC(=S)NNC(=O)[C@]1(C)CC1(Cl)Cl. The predicted octanol–water partition coefficient (Wildman–Crippen LogP) is 3.25. The third-order valence-corrected chi connectivity index (χ3v) is 5.00. The number of anilines is 1. The van der Waals surface area contributed by atoms with Gasteiger partial charge >= 0.3 is 0 Å². The number of carbonyl (C=O) groups excluding carboxylic acids is 1. The van der Waals surface area contributed by atoms with Crippen molar-refractivity contribution in [2.24, 2.45) is 5.41 Å². The highest BCUT2D eigenvalue weighted by Crippen LogP contribution is 2.63. The lowest BCUT2D eigenvalue weighted by Gasteiger charge is -2.16. The maximum atomic E-state index is 12.0. The molecule has 1 fully saturated rings. The Hall–Kier alpha value is -0.950. The first-order chi connectivity index (χ1) is 10.2. The molecule has 9 heteroatoms. The highest BCUT2D eigenvalue weighted by atomic mass is 35.5. The third kappa shape index (κ3) is 3.51. The first-order valence-electron chi connectivity index (χ1n) is 6.28. The maximum absolute atomic E-state index is 12.0. The van der Waals surface area contributed by atoms with Crippen molar-refractivity contribution in [3.8, 4) is 5.75 Å². The molecule has 1 atom stereocenters. The Morgan fingerprint density at radius 3 is 2.55 bits per heavy atom. The van der Waals surface area contributed by atoms with Gasteiger partial charge in [-0.3, -0.25) is 15.6 Å². The van der Waals surface area contributed by atoms with Gasteiger partial charge in [0, 0.05) is 5.02 Å². The van der Waals surface area contributed by atoms with Gasteiger partial charge in [-0.1, -0.05) is 11.6 Å². The molecule has 22 heavy (non-hydrogen) atoms. The molecule has 1 aromatic rings. The van der Waals surface area contributed by atoms with Gasteiger partial charge in [-0.25, -0.2) is 0 Å². The van der Waals surface area contributed by atoms with Crippen molar-refractivity contribution in [1.29, 1.82) is 0 Å². The summed E-state index contributed by atoms with van der Waals surface area (Å²) in [4.78, 5) is 12.0. The summed E-state index contributed by atoms with van der Waals surface area (Å²) in [6, 6.07) is 5.05. The van der Waals surface area contributed by atoms with E-state index < -0.39 is 9.75 Å². The van der Waals surface area contributed by atoms with Crippen molar-refractivity contribution in [2.45, 2.75) is 17.7 Å². The predicted molar refractivity (Wildman–Crippen MR) is 92.7 cm³/mol. The van der Waals surface area contributed by atoms with Crippen LogP contribution in [-0.2, 0) is 4.79 Å². The minimum absolute atomic E-state index is 0.174. The van der Waals surface area contributed by atoms with Crippen molar-refractivity contribution in [1.82, 2.24) is 10.9 Å². The molecule has 0 spiro atoms. The summed E-state index contributed by atoms with van der Waals surface area (Å²) in [5.41, 5.74) is 4.81. The standard InChI is InChI=1S/C13H14Cl3N3O2S/c1-12(6-13(12,15)16)10(20)18-19-11(22)17-8-5-7(14)3-4-9(8)21-2/h3-5H,6H2,1-2H3,(H,18,20)(H2,17,19,22)/t12-/m0/s1. The van der Waals surface area contributed by atoms with Gasteiger partial charge in [-0.05, 0) is 43.8 Å². The molecular weight excluding hydrogens is 369 g/mol. The lowest BCUT2D eigenvalue weighted by Crippen LogP contribution is -2.47. The Labute approximate surface area is 148 Å². The Kier molecular flexibility index (Phi) is 4.96. The lowest BCUT2D eigenvalue weighted by atomic mass is 10.1. The second-order valence-corrected chi connectivity index (χ2v) is 7.42. The monoisotopic (exact) mass is 381 g/mol. The third-order valence-electron chi connectivity index (χ3n) is 3.46. The van der Waals surface area contributed by atoms with Crippen LogP contribution in [0.25, 0.3) is 0 Å². The van der Waals surface area contributed by atoms with Crippen LogP contribution in [-0.4, -0.2) is 22.5 Å². The lowest BCUT2D eigenvalue weighted by molar-refractivity contribution is -0.126. The number of halogens is 3. The molecule has 0 aromatic heterocycles. The highest BCUT2D eigenvalue weighted by molar-refractivity contribution is 7.80. The average molecular weight is 383 g/mol. The fraction of sp³-hybridized carbons (Fsp3) is 0.385. The van der Waals surface area contributed by atoms with E-state index in [0.717, 1.165) is 0 Å². The zero-order valence-corrected chi connectivity index (χ0v) is 14.9. The van der Waals surface area contributed by atoms with Crippen molar-refractivity contribution in [3.63, 3.8) is 0 Å². The van der Waals surface area contributed by atoms with Crippen molar-refractivity contribution < 1.29 is 9.53 Å². The van der Waals surface area contributed by atoms with Crippen molar-refractivity contribution in [3.05, 3.63) is 23.2 Å². The number of rotatable bonds is 3. The molecule has 1 amide bonds. The van der Waals surface area contributed by atoms with Gasteiger partial charge in [0.15, 0.2) is 5.11 Å². The summed E-state index contributed by atoms with van der Waals surface area (Å²) in [6.45, 7) is 1.68. The van der Waals surface area contributed by atoms with Crippen LogP contribution in [0.5, 0.6) is 5.75 Å². The first-order valence-corrected chi connectivity index (χ1v) is 7.82. The number of ether oxygens (including phenoxy) is 1.